The van der Waals surface area contributed by atoms with E-state index >= 15 is 0 Å². The van der Waals surface area contributed by atoms with Gasteiger partial charge in [0.15, 0.2) is 5.75 Å². The number of hydrogen-bond acceptors (Lipinski definition) is 5. The molecule has 0 saturated carbocycles. The van der Waals surface area contributed by atoms with Crippen molar-refractivity contribution in [1.29, 1.82) is 0 Å². The molecule has 0 spiro atoms. The van der Waals surface area contributed by atoms with E-state index in [1.165, 1.54) is 42.2 Å². The molecule has 0 radical (unpaired) electrons. The highest BCUT2D eigenvalue weighted by Gasteiger charge is 2.36. The molecule has 134 valence electrons. The largest absolute Gasteiger partial charge is 0.454 e. The number of nitrogens with zero attached hydrogens (tertiary/aromatic N) is 4. The maximum atomic E-state index is 13.3. The number of benzene rings is 2. The van der Waals surface area contributed by atoms with Gasteiger partial charge in [0.2, 0.25) is 5.91 Å². The molecule has 0 saturated heterocycles. The molecule has 7 nitrogen and oxygen atoms in total. The van der Waals surface area contributed by atoms with Crippen molar-refractivity contribution in [2.45, 2.75) is 13.1 Å². The van der Waals surface area contributed by atoms with Crippen molar-refractivity contribution < 1.29 is 22.7 Å². The molecule has 26 heavy (non-hydrogen) atoms. The Morgan fingerprint density at radius 3 is 2.62 bits per heavy atom. The van der Waals surface area contributed by atoms with Gasteiger partial charge in [-0.05, 0) is 34.7 Å². The lowest BCUT2D eigenvalue weighted by Crippen LogP contribution is -2.12. The van der Waals surface area contributed by atoms with Gasteiger partial charge in [0.05, 0.1) is 11.4 Å². The van der Waals surface area contributed by atoms with E-state index in [0.717, 1.165) is 6.07 Å². The van der Waals surface area contributed by atoms with Crippen LogP contribution in [0.25, 0.3) is 5.69 Å². The first-order valence-electron chi connectivity index (χ1n) is 7.33. The lowest BCUT2D eigenvalue weighted by atomic mass is 10.1. The molecule has 1 amide bonds. The monoisotopic (exact) mass is 363 g/mol. The minimum absolute atomic E-state index is 0.0832. The number of rotatable bonds is 4. The first kappa shape index (κ1) is 17.4. The Hall–Kier alpha value is -3.43. The molecule has 0 aliphatic rings. The highest BCUT2D eigenvalue weighted by molar-refractivity contribution is 5.90. The maximum Gasteiger partial charge on any atom is 0.420 e. The summed E-state index contributed by atoms with van der Waals surface area (Å²) in [5.41, 5.74) is -0.588. The van der Waals surface area contributed by atoms with Crippen LogP contribution in [0.2, 0.25) is 0 Å². The molecule has 1 heterocycles. The molecule has 3 rings (SSSR count). The topological polar surface area (TPSA) is 81.9 Å². The number of para-hydroxylation sites is 1. The molecule has 0 bridgehead atoms. The van der Waals surface area contributed by atoms with Crippen LogP contribution < -0.4 is 10.1 Å². The smallest absolute Gasteiger partial charge is 0.420 e. The number of halogens is 3. The number of tetrazole rings is 1. The second kappa shape index (κ2) is 6.82. The molecule has 1 N–H and O–H groups in total. The maximum absolute atomic E-state index is 13.3. The van der Waals surface area contributed by atoms with Gasteiger partial charge in [-0.2, -0.15) is 13.2 Å². The van der Waals surface area contributed by atoms with Crippen LogP contribution in [0.5, 0.6) is 11.5 Å². The highest BCUT2D eigenvalue weighted by atomic mass is 19.4. The first-order chi connectivity index (χ1) is 12.3. The van der Waals surface area contributed by atoms with Gasteiger partial charge in [0.1, 0.15) is 17.6 Å². The number of hydrogen-bond donors (Lipinski definition) is 1. The Morgan fingerprint density at radius 2 is 1.96 bits per heavy atom. The average molecular weight is 363 g/mol. The normalized spacial score (nSPS) is 11.2. The Bertz CT molecular complexity index is 926. The van der Waals surface area contributed by atoms with E-state index in [9.17, 15) is 18.0 Å². The number of aromatic nitrogens is 4. The van der Waals surface area contributed by atoms with Gasteiger partial charge in [-0.25, -0.2) is 4.68 Å². The van der Waals surface area contributed by atoms with E-state index in [1.54, 1.807) is 12.1 Å². The fourth-order valence-electron chi connectivity index (χ4n) is 2.25. The second-order valence-electron chi connectivity index (χ2n) is 5.22. The molecule has 10 heteroatoms. The average Bonchev–Trinajstić information content (AvgIpc) is 3.10. The van der Waals surface area contributed by atoms with E-state index in [2.05, 4.69) is 20.8 Å². The lowest BCUT2D eigenvalue weighted by molar-refractivity contribution is -0.138. The van der Waals surface area contributed by atoms with Crippen molar-refractivity contribution in [2.75, 3.05) is 5.32 Å². The first-order valence-corrected chi connectivity index (χ1v) is 7.33. The predicted molar refractivity (Wildman–Crippen MR) is 85.0 cm³/mol. The number of anilines is 1. The molecule has 0 aliphatic heterocycles. The summed E-state index contributed by atoms with van der Waals surface area (Å²) in [6, 6.07) is 9.61. The van der Waals surface area contributed by atoms with Crippen LogP contribution in [-0.2, 0) is 11.0 Å². The van der Waals surface area contributed by atoms with E-state index in [0.29, 0.717) is 5.69 Å². The molecular weight excluding hydrogens is 351 g/mol. The van der Waals surface area contributed by atoms with Crippen LogP contribution in [0.4, 0.5) is 18.9 Å². The van der Waals surface area contributed by atoms with Crippen molar-refractivity contribution in [1.82, 2.24) is 20.2 Å². The van der Waals surface area contributed by atoms with Crippen LogP contribution in [0.3, 0.4) is 0 Å². The molecule has 2 aromatic carbocycles. The zero-order valence-corrected chi connectivity index (χ0v) is 13.4. The molecule has 0 aliphatic carbocycles. The lowest BCUT2D eigenvalue weighted by Gasteiger charge is -2.17. The van der Waals surface area contributed by atoms with Crippen LogP contribution in [-0.4, -0.2) is 26.1 Å². The summed E-state index contributed by atoms with van der Waals surface area (Å²) in [4.78, 5) is 11.3. The summed E-state index contributed by atoms with van der Waals surface area (Å²) < 4.78 is 46.9. The third-order valence-corrected chi connectivity index (χ3v) is 3.28. The fraction of sp³-hybridized carbons (Fsp3) is 0.125. The van der Waals surface area contributed by atoms with E-state index in [4.69, 9.17) is 4.74 Å². The molecule has 3 aromatic rings. The summed E-state index contributed by atoms with van der Waals surface area (Å²) in [5.74, 6) is -0.887. The van der Waals surface area contributed by atoms with Crippen LogP contribution in [0, 0.1) is 0 Å². The second-order valence-corrected chi connectivity index (χ2v) is 5.22. The Labute approximate surface area is 145 Å². The number of amides is 1. The standard InChI is InChI=1S/C16H12F3N5O2/c1-10(25)21-14-7-3-6-13(16(17,18)19)15(14)26-12-5-2-4-11(8-12)24-9-20-22-23-24/h2-9H,1H3,(H,21,25). The fourth-order valence-corrected chi connectivity index (χ4v) is 2.25. The Balaban J connectivity index is 2.03. The number of carbonyl (C=O) groups excluding carboxylic acids is 1. The van der Waals surface area contributed by atoms with Gasteiger partial charge < -0.3 is 10.1 Å². The van der Waals surface area contributed by atoms with Crippen molar-refractivity contribution in [3.05, 3.63) is 54.4 Å². The predicted octanol–water partition coefficient (Wildman–Crippen LogP) is 3.43. The zero-order valence-electron chi connectivity index (χ0n) is 13.4. The van der Waals surface area contributed by atoms with Crippen molar-refractivity contribution in [2.24, 2.45) is 0 Å². The summed E-state index contributed by atoms with van der Waals surface area (Å²) in [5, 5.41) is 13.1. The molecular formula is C16H12F3N5O2. The molecule has 0 unspecified atom stereocenters. The van der Waals surface area contributed by atoms with Crippen LogP contribution in [0.1, 0.15) is 12.5 Å². The number of alkyl halides is 3. The Morgan fingerprint density at radius 1 is 1.19 bits per heavy atom. The number of nitrogens with one attached hydrogen (secondary N) is 1. The quantitative estimate of drug-likeness (QED) is 0.768. The molecule has 1 aromatic heterocycles. The summed E-state index contributed by atoms with van der Waals surface area (Å²) in [6.07, 6.45) is -3.32. The summed E-state index contributed by atoms with van der Waals surface area (Å²) >= 11 is 0. The van der Waals surface area contributed by atoms with Crippen LogP contribution in [0.15, 0.2) is 48.8 Å². The molecule has 0 fully saturated rings. The van der Waals surface area contributed by atoms with Gasteiger partial charge in [-0.3, -0.25) is 4.79 Å². The van der Waals surface area contributed by atoms with E-state index in [1.807, 2.05) is 0 Å². The van der Waals surface area contributed by atoms with Crippen LogP contribution >= 0.6 is 0 Å². The van der Waals surface area contributed by atoms with Gasteiger partial charge in [0, 0.05) is 13.0 Å². The van der Waals surface area contributed by atoms with Gasteiger partial charge in [-0.15, -0.1) is 5.10 Å². The van der Waals surface area contributed by atoms with E-state index < -0.39 is 23.4 Å². The van der Waals surface area contributed by atoms with E-state index in [-0.39, 0.29) is 11.4 Å². The van der Waals surface area contributed by atoms with Crippen molar-refractivity contribution in [3.63, 3.8) is 0 Å². The summed E-state index contributed by atoms with van der Waals surface area (Å²) in [6.45, 7) is 1.20. The SMILES string of the molecule is CC(=O)Nc1cccc(C(F)(F)F)c1Oc1cccc(-n2cnnn2)c1. The third kappa shape index (κ3) is 3.79. The number of carbonyl (C=O) groups is 1. The summed E-state index contributed by atoms with van der Waals surface area (Å²) in [7, 11) is 0. The van der Waals surface area contributed by atoms with Gasteiger partial charge >= 0.3 is 6.18 Å². The minimum Gasteiger partial charge on any atom is -0.454 e. The molecule has 0 atom stereocenters. The van der Waals surface area contributed by atoms with Crippen molar-refractivity contribution in [3.8, 4) is 17.2 Å². The van der Waals surface area contributed by atoms with Gasteiger partial charge in [-0.1, -0.05) is 12.1 Å². The van der Waals surface area contributed by atoms with Gasteiger partial charge in [0.25, 0.3) is 0 Å². The zero-order chi connectivity index (χ0) is 18.7. The third-order valence-electron chi connectivity index (χ3n) is 3.28. The van der Waals surface area contributed by atoms with Crippen molar-refractivity contribution >= 4 is 11.6 Å². The highest BCUT2D eigenvalue weighted by Crippen LogP contribution is 2.42. The minimum atomic E-state index is -4.66. The number of ether oxygens (including phenoxy) is 1. The Kier molecular flexibility index (Phi) is 4.57.